The van der Waals surface area contributed by atoms with Gasteiger partial charge in [-0.2, -0.15) is 4.31 Å². The lowest BCUT2D eigenvalue weighted by molar-refractivity contribution is 0.0779. The van der Waals surface area contributed by atoms with Gasteiger partial charge in [-0.05, 0) is 55.7 Å². The van der Waals surface area contributed by atoms with E-state index in [0.717, 1.165) is 45.1 Å². The fourth-order valence-corrected chi connectivity index (χ4v) is 6.44. The largest absolute Gasteiger partial charge is 0.338 e. The third-order valence-electron chi connectivity index (χ3n) is 6.48. The van der Waals surface area contributed by atoms with E-state index in [0.29, 0.717) is 37.0 Å². The highest BCUT2D eigenvalue weighted by atomic mass is 35.5. The average Bonchev–Trinajstić information content (AvgIpc) is 3.11. The number of fused-ring (bicyclic) bond motifs is 1. The molecule has 2 aliphatic heterocycles. The van der Waals surface area contributed by atoms with Crippen LogP contribution in [0.2, 0.25) is 0 Å². The number of carbonyl (C=O) groups excluding carboxylic acids is 1. The minimum absolute atomic E-state index is 0. The Balaban J connectivity index is 0.00000225. The summed E-state index contributed by atoms with van der Waals surface area (Å²) in [6.07, 6.45) is 6.07. The van der Waals surface area contributed by atoms with Crippen molar-refractivity contribution in [2.24, 2.45) is 17.6 Å². The Hall–Kier alpha value is -1.15. The standard InChI is InChI=1S/C20H29N3O3S.ClH/c21-19-9-8-16-13-22(14-18(16)19)20(24)15-6-5-7-17(12-15)27(25,26)23-10-3-1-2-4-11-23;/h5-7,12,16,18-19H,1-4,8-11,13-14,21H2;1H. The number of halogens is 1. The van der Waals surface area contributed by atoms with Crippen molar-refractivity contribution >= 4 is 28.3 Å². The Morgan fingerprint density at radius 1 is 1.04 bits per heavy atom. The van der Waals surface area contributed by atoms with Crippen LogP contribution >= 0.6 is 12.4 Å². The molecule has 0 radical (unpaired) electrons. The molecular weight excluding hydrogens is 398 g/mol. The van der Waals surface area contributed by atoms with Crippen molar-refractivity contribution < 1.29 is 13.2 Å². The number of rotatable bonds is 3. The first-order chi connectivity index (χ1) is 13.0. The van der Waals surface area contributed by atoms with E-state index in [9.17, 15) is 13.2 Å². The molecule has 2 saturated heterocycles. The molecule has 3 aliphatic rings. The van der Waals surface area contributed by atoms with E-state index in [1.54, 1.807) is 28.6 Å². The fraction of sp³-hybridized carbons (Fsp3) is 0.650. The van der Waals surface area contributed by atoms with Crippen LogP contribution in [0, 0.1) is 11.8 Å². The molecule has 1 aromatic rings. The molecule has 1 aromatic carbocycles. The number of hydrogen-bond acceptors (Lipinski definition) is 4. The number of carbonyl (C=O) groups is 1. The lowest BCUT2D eigenvalue weighted by atomic mass is 9.98. The van der Waals surface area contributed by atoms with E-state index >= 15 is 0 Å². The van der Waals surface area contributed by atoms with Gasteiger partial charge in [0.25, 0.3) is 5.91 Å². The van der Waals surface area contributed by atoms with Gasteiger partial charge in [-0.3, -0.25) is 4.79 Å². The molecule has 0 bridgehead atoms. The monoisotopic (exact) mass is 427 g/mol. The quantitative estimate of drug-likeness (QED) is 0.803. The second-order valence-electron chi connectivity index (χ2n) is 8.22. The Morgan fingerprint density at radius 2 is 1.75 bits per heavy atom. The third-order valence-corrected chi connectivity index (χ3v) is 8.38. The van der Waals surface area contributed by atoms with E-state index in [1.807, 2.05) is 4.90 Å². The molecule has 156 valence electrons. The molecule has 3 atom stereocenters. The van der Waals surface area contributed by atoms with Gasteiger partial charge in [-0.1, -0.05) is 18.9 Å². The van der Waals surface area contributed by atoms with Gasteiger partial charge in [-0.25, -0.2) is 8.42 Å². The molecule has 0 spiro atoms. The number of sulfonamides is 1. The molecule has 6 nitrogen and oxygen atoms in total. The van der Waals surface area contributed by atoms with Gasteiger partial charge < -0.3 is 10.6 Å². The molecule has 3 unspecified atom stereocenters. The first kappa shape index (κ1) is 21.6. The highest BCUT2D eigenvalue weighted by molar-refractivity contribution is 7.89. The van der Waals surface area contributed by atoms with Crippen LogP contribution in [0.5, 0.6) is 0 Å². The van der Waals surface area contributed by atoms with E-state index in [-0.39, 0.29) is 29.3 Å². The third kappa shape index (κ3) is 4.08. The van der Waals surface area contributed by atoms with Crippen LogP contribution in [0.4, 0.5) is 0 Å². The molecule has 1 amide bonds. The zero-order chi connectivity index (χ0) is 19.0. The minimum atomic E-state index is -3.55. The van der Waals surface area contributed by atoms with E-state index in [1.165, 1.54) is 0 Å². The maximum Gasteiger partial charge on any atom is 0.253 e. The zero-order valence-electron chi connectivity index (χ0n) is 16.1. The van der Waals surface area contributed by atoms with Crippen molar-refractivity contribution in [3.05, 3.63) is 29.8 Å². The van der Waals surface area contributed by atoms with Gasteiger partial charge in [0.2, 0.25) is 10.0 Å². The molecule has 2 heterocycles. The van der Waals surface area contributed by atoms with Crippen LogP contribution in [0.25, 0.3) is 0 Å². The number of amides is 1. The Bertz CT molecular complexity index is 809. The Morgan fingerprint density at radius 3 is 2.43 bits per heavy atom. The summed E-state index contributed by atoms with van der Waals surface area (Å²) < 4.78 is 27.6. The molecule has 4 rings (SSSR count). The number of nitrogens with two attached hydrogens (primary N) is 1. The summed E-state index contributed by atoms with van der Waals surface area (Å²) in [7, 11) is -3.55. The van der Waals surface area contributed by atoms with Crippen molar-refractivity contribution in [1.82, 2.24) is 9.21 Å². The summed E-state index contributed by atoms with van der Waals surface area (Å²) in [4.78, 5) is 15.1. The predicted molar refractivity (Wildman–Crippen MR) is 111 cm³/mol. The second kappa shape index (κ2) is 8.69. The smallest absolute Gasteiger partial charge is 0.253 e. The Kier molecular flexibility index (Phi) is 6.69. The number of nitrogens with zero attached hydrogens (tertiary/aromatic N) is 2. The van der Waals surface area contributed by atoms with Crippen LogP contribution in [-0.2, 0) is 10.0 Å². The van der Waals surface area contributed by atoms with Gasteiger partial charge in [-0.15, -0.1) is 12.4 Å². The maximum atomic E-state index is 13.0. The molecule has 28 heavy (non-hydrogen) atoms. The van der Waals surface area contributed by atoms with Crippen molar-refractivity contribution in [2.45, 2.75) is 49.5 Å². The summed E-state index contributed by atoms with van der Waals surface area (Å²) in [5, 5.41) is 0. The lowest BCUT2D eigenvalue weighted by Crippen LogP contribution is -2.34. The first-order valence-corrected chi connectivity index (χ1v) is 11.6. The van der Waals surface area contributed by atoms with Crippen molar-refractivity contribution in [3.8, 4) is 0 Å². The number of hydrogen-bond donors (Lipinski definition) is 1. The predicted octanol–water partition coefficient (Wildman–Crippen LogP) is 2.48. The van der Waals surface area contributed by atoms with Crippen LogP contribution < -0.4 is 5.73 Å². The van der Waals surface area contributed by atoms with Crippen LogP contribution in [0.15, 0.2) is 29.2 Å². The minimum Gasteiger partial charge on any atom is -0.338 e. The van der Waals surface area contributed by atoms with Crippen LogP contribution in [-0.4, -0.2) is 55.8 Å². The van der Waals surface area contributed by atoms with E-state index < -0.39 is 10.0 Å². The highest BCUT2D eigenvalue weighted by Gasteiger charge is 2.42. The normalized spacial score (nSPS) is 28.5. The molecule has 1 saturated carbocycles. The molecule has 1 aliphatic carbocycles. The Labute approximate surface area is 173 Å². The van der Waals surface area contributed by atoms with Gasteiger partial charge in [0.1, 0.15) is 0 Å². The van der Waals surface area contributed by atoms with Crippen molar-refractivity contribution in [2.75, 3.05) is 26.2 Å². The average molecular weight is 428 g/mol. The van der Waals surface area contributed by atoms with Crippen molar-refractivity contribution in [1.29, 1.82) is 0 Å². The lowest BCUT2D eigenvalue weighted by Gasteiger charge is -2.21. The number of likely N-dealkylation sites (tertiary alicyclic amines) is 1. The van der Waals surface area contributed by atoms with Gasteiger partial charge in [0, 0.05) is 37.8 Å². The van der Waals surface area contributed by atoms with Gasteiger partial charge in [0.15, 0.2) is 0 Å². The fourth-order valence-electron chi connectivity index (χ4n) is 4.88. The summed E-state index contributed by atoms with van der Waals surface area (Å²) in [5.41, 5.74) is 6.63. The summed E-state index contributed by atoms with van der Waals surface area (Å²) in [6.45, 7) is 2.55. The second-order valence-corrected chi connectivity index (χ2v) is 10.2. The zero-order valence-corrected chi connectivity index (χ0v) is 17.8. The summed E-state index contributed by atoms with van der Waals surface area (Å²) in [6, 6.07) is 6.74. The number of benzene rings is 1. The molecule has 8 heteroatoms. The van der Waals surface area contributed by atoms with Crippen molar-refractivity contribution in [3.63, 3.8) is 0 Å². The highest BCUT2D eigenvalue weighted by Crippen LogP contribution is 2.37. The maximum absolute atomic E-state index is 13.0. The van der Waals surface area contributed by atoms with Crippen LogP contribution in [0.3, 0.4) is 0 Å². The molecule has 3 fully saturated rings. The molecular formula is C20H30ClN3O3S. The SMILES string of the molecule is Cl.NC1CCC2CN(C(=O)c3cccc(S(=O)(=O)N4CCCCCC4)c3)CC12. The summed E-state index contributed by atoms with van der Waals surface area (Å²) in [5.74, 6) is 0.801. The van der Waals surface area contributed by atoms with E-state index in [2.05, 4.69) is 0 Å². The van der Waals surface area contributed by atoms with Gasteiger partial charge in [0.05, 0.1) is 4.90 Å². The van der Waals surface area contributed by atoms with Gasteiger partial charge >= 0.3 is 0 Å². The van der Waals surface area contributed by atoms with E-state index in [4.69, 9.17) is 5.73 Å². The molecule has 2 N–H and O–H groups in total. The summed E-state index contributed by atoms with van der Waals surface area (Å²) >= 11 is 0. The first-order valence-electron chi connectivity index (χ1n) is 10.1. The molecule has 0 aromatic heterocycles. The topological polar surface area (TPSA) is 83.7 Å². The van der Waals surface area contributed by atoms with Crippen LogP contribution in [0.1, 0.15) is 48.9 Å².